The Hall–Kier alpha value is 0.170. The molecular weight excluding hydrogens is 175 g/mol. The molecule has 0 nitrogen and oxygen atoms in total. The molecule has 0 aliphatic carbocycles. The normalized spacial score (nSPS) is 10.7. The number of unbranched alkanes of at least 4 members (excludes halogenated alkanes) is 2. The first-order valence-corrected chi connectivity index (χ1v) is 7.58. The van der Waals surface area contributed by atoms with E-state index in [1.807, 2.05) is 0 Å². The van der Waals surface area contributed by atoms with E-state index in [9.17, 15) is 0 Å². The number of hydrogen-bond acceptors (Lipinski definition) is 0. The molecule has 0 aromatic heterocycles. The van der Waals surface area contributed by atoms with Gasteiger partial charge in [0.15, 0.2) is 0 Å². The van der Waals surface area contributed by atoms with E-state index < -0.39 is 0 Å². The van der Waals surface area contributed by atoms with Gasteiger partial charge in [0.05, 0.1) is 0 Å². The predicted molar refractivity (Wildman–Crippen MR) is 66.2 cm³/mol. The lowest BCUT2D eigenvalue weighted by Crippen LogP contribution is -1.94. The van der Waals surface area contributed by atoms with E-state index in [-0.39, 0.29) is 0 Å². The molecule has 0 spiro atoms. The molecule has 78 valence electrons. The van der Waals surface area contributed by atoms with E-state index in [2.05, 4.69) is 26.5 Å². The van der Waals surface area contributed by atoms with Crippen molar-refractivity contribution in [2.75, 3.05) is 18.5 Å². The third-order valence-corrected chi connectivity index (χ3v) is 5.09. The third-order valence-electron chi connectivity index (χ3n) is 2.31. The van der Waals surface area contributed by atoms with Crippen LogP contribution >= 0.6 is 7.92 Å². The number of allylic oxidation sites excluding steroid dienone is 1. The SMILES string of the molecule is C=CCCP(CCCC)CCCC. The van der Waals surface area contributed by atoms with Gasteiger partial charge in [0.2, 0.25) is 0 Å². The van der Waals surface area contributed by atoms with Gasteiger partial charge in [-0.25, -0.2) is 0 Å². The van der Waals surface area contributed by atoms with Gasteiger partial charge in [0, 0.05) is 0 Å². The van der Waals surface area contributed by atoms with Crippen molar-refractivity contribution in [1.82, 2.24) is 0 Å². The van der Waals surface area contributed by atoms with Crippen LogP contribution in [0.15, 0.2) is 12.7 Å². The van der Waals surface area contributed by atoms with Crippen LogP contribution in [0.1, 0.15) is 46.0 Å². The van der Waals surface area contributed by atoms with Gasteiger partial charge in [-0.1, -0.05) is 32.8 Å². The lowest BCUT2D eigenvalue weighted by molar-refractivity contribution is 0.865. The quantitative estimate of drug-likeness (QED) is 0.375. The van der Waals surface area contributed by atoms with Crippen LogP contribution in [0.3, 0.4) is 0 Å². The molecule has 0 amide bonds. The topological polar surface area (TPSA) is 0 Å². The van der Waals surface area contributed by atoms with Gasteiger partial charge in [0.25, 0.3) is 0 Å². The van der Waals surface area contributed by atoms with E-state index in [4.69, 9.17) is 0 Å². The average molecular weight is 200 g/mol. The Labute approximate surface area is 85.6 Å². The maximum atomic E-state index is 3.80. The molecule has 0 N–H and O–H groups in total. The molecule has 0 atom stereocenters. The second-order valence-electron chi connectivity index (χ2n) is 3.63. The zero-order valence-electron chi connectivity index (χ0n) is 9.39. The number of rotatable bonds is 9. The average Bonchev–Trinajstić information content (AvgIpc) is 2.17. The fourth-order valence-corrected chi connectivity index (χ4v) is 4.12. The summed E-state index contributed by atoms with van der Waals surface area (Å²) in [6, 6.07) is 0. The molecule has 0 saturated carbocycles. The zero-order chi connectivity index (χ0) is 9.94. The Kier molecular flexibility index (Phi) is 10.4. The summed E-state index contributed by atoms with van der Waals surface area (Å²) < 4.78 is 0. The Balaban J connectivity index is 3.52. The zero-order valence-corrected chi connectivity index (χ0v) is 10.3. The van der Waals surface area contributed by atoms with Crippen LogP contribution in [0.25, 0.3) is 0 Å². The summed E-state index contributed by atoms with van der Waals surface area (Å²) in [5.41, 5.74) is 0. The summed E-state index contributed by atoms with van der Waals surface area (Å²) >= 11 is 0. The van der Waals surface area contributed by atoms with E-state index >= 15 is 0 Å². The molecule has 0 rings (SSSR count). The van der Waals surface area contributed by atoms with Crippen LogP contribution in [-0.4, -0.2) is 18.5 Å². The lowest BCUT2D eigenvalue weighted by Gasteiger charge is -2.15. The minimum Gasteiger partial charge on any atom is -0.106 e. The van der Waals surface area contributed by atoms with Crippen LogP contribution in [-0.2, 0) is 0 Å². The van der Waals surface area contributed by atoms with Gasteiger partial charge in [-0.2, -0.15) is 0 Å². The maximum Gasteiger partial charge on any atom is -0.0291 e. The Morgan fingerprint density at radius 2 is 1.54 bits per heavy atom. The minimum absolute atomic E-state index is 0.350. The lowest BCUT2D eigenvalue weighted by atomic mass is 10.4. The molecule has 0 unspecified atom stereocenters. The molecule has 0 aliphatic rings. The first-order valence-electron chi connectivity index (χ1n) is 5.68. The van der Waals surface area contributed by atoms with E-state index in [1.54, 1.807) is 0 Å². The maximum absolute atomic E-state index is 3.80. The van der Waals surface area contributed by atoms with Gasteiger partial charge in [0.1, 0.15) is 0 Å². The van der Waals surface area contributed by atoms with Gasteiger partial charge >= 0.3 is 0 Å². The molecule has 13 heavy (non-hydrogen) atoms. The van der Waals surface area contributed by atoms with Gasteiger partial charge < -0.3 is 0 Å². The van der Waals surface area contributed by atoms with E-state index in [0.717, 1.165) is 0 Å². The van der Waals surface area contributed by atoms with E-state index in [1.165, 1.54) is 50.6 Å². The van der Waals surface area contributed by atoms with Gasteiger partial charge in [-0.05, 0) is 37.7 Å². The first-order chi connectivity index (χ1) is 6.35. The summed E-state index contributed by atoms with van der Waals surface area (Å²) in [6.45, 7) is 8.39. The van der Waals surface area contributed by atoms with Gasteiger partial charge in [-0.3, -0.25) is 0 Å². The highest BCUT2D eigenvalue weighted by atomic mass is 31.1. The predicted octanol–water partition coefficient (Wildman–Crippen LogP) is 4.64. The molecule has 0 radical (unpaired) electrons. The molecule has 0 heterocycles. The standard InChI is InChI=1S/C12H25P/c1-4-7-10-13(11-8-5-2)12-9-6-3/h4H,1,5-12H2,2-3H3. The Bertz CT molecular complexity index is 102. The summed E-state index contributed by atoms with van der Waals surface area (Å²) in [4.78, 5) is 0. The smallest absolute Gasteiger partial charge is 0.0291 e. The van der Waals surface area contributed by atoms with Crippen LogP contribution in [0.5, 0.6) is 0 Å². The fraction of sp³-hybridized carbons (Fsp3) is 0.833. The summed E-state index contributed by atoms with van der Waals surface area (Å²) in [6.07, 6.45) is 13.3. The van der Waals surface area contributed by atoms with Crippen molar-refractivity contribution in [3.63, 3.8) is 0 Å². The minimum atomic E-state index is 0.350. The van der Waals surface area contributed by atoms with Crippen molar-refractivity contribution in [3.8, 4) is 0 Å². The number of hydrogen-bond donors (Lipinski definition) is 0. The molecule has 0 aromatic rings. The molecular formula is C12H25P. The first kappa shape index (κ1) is 13.2. The monoisotopic (exact) mass is 200 g/mol. The van der Waals surface area contributed by atoms with Crippen molar-refractivity contribution in [3.05, 3.63) is 12.7 Å². The Morgan fingerprint density at radius 1 is 1.00 bits per heavy atom. The fourth-order valence-electron chi connectivity index (χ4n) is 1.37. The molecule has 0 bridgehead atoms. The Morgan fingerprint density at radius 3 is 1.92 bits per heavy atom. The highest BCUT2D eigenvalue weighted by molar-refractivity contribution is 7.57. The van der Waals surface area contributed by atoms with Gasteiger partial charge in [-0.15, -0.1) is 14.5 Å². The van der Waals surface area contributed by atoms with Crippen molar-refractivity contribution < 1.29 is 0 Å². The van der Waals surface area contributed by atoms with Crippen LogP contribution in [0.4, 0.5) is 0 Å². The summed E-state index contributed by atoms with van der Waals surface area (Å²) in [7, 11) is 0.350. The van der Waals surface area contributed by atoms with Crippen molar-refractivity contribution >= 4 is 7.92 Å². The van der Waals surface area contributed by atoms with Crippen LogP contribution in [0.2, 0.25) is 0 Å². The third kappa shape index (κ3) is 8.50. The highest BCUT2D eigenvalue weighted by Gasteiger charge is 2.04. The van der Waals surface area contributed by atoms with Crippen molar-refractivity contribution in [1.29, 1.82) is 0 Å². The van der Waals surface area contributed by atoms with E-state index in [0.29, 0.717) is 7.92 Å². The second kappa shape index (κ2) is 10.3. The summed E-state index contributed by atoms with van der Waals surface area (Å²) in [5.74, 6) is 0. The molecule has 0 fully saturated rings. The van der Waals surface area contributed by atoms with Crippen LogP contribution < -0.4 is 0 Å². The molecule has 1 heteroatoms. The molecule has 0 aliphatic heterocycles. The molecule has 0 aromatic carbocycles. The summed E-state index contributed by atoms with van der Waals surface area (Å²) in [5, 5.41) is 0. The highest BCUT2D eigenvalue weighted by Crippen LogP contribution is 2.38. The second-order valence-corrected chi connectivity index (χ2v) is 6.31. The largest absolute Gasteiger partial charge is 0.106 e. The molecule has 0 saturated heterocycles. The van der Waals surface area contributed by atoms with Crippen LogP contribution in [0, 0.1) is 0 Å². The van der Waals surface area contributed by atoms with Crippen molar-refractivity contribution in [2.45, 2.75) is 46.0 Å². The van der Waals surface area contributed by atoms with Crippen molar-refractivity contribution in [2.24, 2.45) is 0 Å².